The maximum Gasteiger partial charge on any atom is 0.327 e. The second kappa shape index (κ2) is 14.6. The Kier molecular flexibility index (Phi) is 10.7. The van der Waals surface area contributed by atoms with Crippen LogP contribution < -0.4 is 26.2 Å². The molecule has 0 saturated carbocycles. The Morgan fingerprint density at radius 1 is 1.12 bits per heavy atom. The topological polar surface area (TPSA) is 173 Å². The number of nitriles is 1. The second-order valence-electron chi connectivity index (χ2n) is 10.6. The maximum absolute atomic E-state index is 12.9. The first-order chi connectivity index (χ1) is 20.4. The number of hydrogen-bond donors (Lipinski definition) is 4. The molecule has 0 spiro atoms. The number of hydrogen-bond acceptors (Lipinski definition) is 10. The zero-order chi connectivity index (χ0) is 29.5. The number of nitrogens with zero attached hydrogens (tertiary/aromatic N) is 7. The van der Waals surface area contributed by atoms with Crippen LogP contribution in [0, 0.1) is 23.2 Å². The lowest BCUT2D eigenvalue weighted by Gasteiger charge is -2.37. The monoisotopic (exact) mass is 609 g/mol. The summed E-state index contributed by atoms with van der Waals surface area (Å²) in [4.78, 5) is 54.6. The van der Waals surface area contributed by atoms with Crippen molar-refractivity contribution in [2.75, 3.05) is 67.9 Å². The third-order valence-corrected chi connectivity index (χ3v) is 7.83. The number of rotatable bonds is 8. The molecule has 0 radical (unpaired) electrons. The van der Waals surface area contributed by atoms with Crippen molar-refractivity contribution in [1.82, 2.24) is 35.1 Å². The predicted molar refractivity (Wildman–Crippen MR) is 164 cm³/mol. The molecule has 2 aliphatic heterocycles. The molecule has 14 nitrogen and oxygen atoms in total. The number of halogens is 1. The summed E-state index contributed by atoms with van der Waals surface area (Å²) in [6, 6.07) is 6.84. The van der Waals surface area contributed by atoms with Crippen LogP contribution in [-0.2, 0) is 9.59 Å². The average molecular weight is 610 g/mol. The molecule has 5 rings (SSSR count). The third-order valence-electron chi connectivity index (χ3n) is 7.83. The lowest BCUT2D eigenvalue weighted by atomic mass is 9.87. The molecular formula is C28H36ClN11O3. The van der Waals surface area contributed by atoms with Gasteiger partial charge in [0.05, 0.1) is 29.9 Å². The zero-order valence-corrected chi connectivity index (χ0v) is 24.8. The zero-order valence-electron chi connectivity index (χ0n) is 24.0. The van der Waals surface area contributed by atoms with Crippen molar-refractivity contribution in [1.29, 1.82) is 5.26 Å². The molecule has 5 heterocycles. The van der Waals surface area contributed by atoms with Crippen LogP contribution in [-0.4, -0.2) is 94.6 Å². The van der Waals surface area contributed by atoms with Crippen LogP contribution in [0.4, 0.5) is 22.1 Å². The van der Waals surface area contributed by atoms with Gasteiger partial charge < -0.3 is 31.1 Å². The molecule has 228 valence electrons. The summed E-state index contributed by atoms with van der Waals surface area (Å²) in [5, 5.41) is 21.5. The van der Waals surface area contributed by atoms with Crippen LogP contribution in [0.15, 0.2) is 36.9 Å². The predicted octanol–water partition coefficient (Wildman–Crippen LogP) is 1.66. The Hall–Kier alpha value is -4.48. The highest BCUT2D eigenvalue weighted by atomic mass is 35.5. The van der Waals surface area contributed by atoms with E-state index in [0.29, 0.717) is 48.2 Å². The SMILES string of the molecule is C[C@@H]1CCN(C(=O)CC#N)C[C@H]1CNc1ncnc2c1ccn2C(=O)NCC(=O)Nc1ccc(N2CCNCC2)cn1.Cl. The fourth-order valence-corrected chi connectivity index (χ4v) is 5.30. The summed E-state index contributed by atoms with van der Waals surface area (Å²) in [5.74, 6) is 1.02. The van der Waals surface area contributed by atoms with Gasteiger partial charge in [-0.05, 0) is 36.5 Å². The minimum Gasteiger partial charge on any atom is -0.369 e. The fourth-order valence-electron chi connectivity index (χ4n) is 5.30. The first-order valence-corrected chi connectivity index (χ1v) is 14.1. The van der Waals surface area contributed by atoms with Crippen LogP contribution in [0.2, 0.25) is 0 Å². The van der Waals surface area contributed by atoms with E-state index in [9.17, 15) is 14.4 Å². The van der Waals surface area contributed by atoms with Gasteiger partial charge in [0.1, 0.15) is 24.4 Å². The van der Waals surface area contributed by atoms with Crippen LogP contribution in [0.5, 0.6) is 0 Å². The molecule has 3 aromatic heterocycles. The number of likely N-dealkylation sites (tertiary alicyclic amines) is 1. The molecule has 2 fully saturated rings. The van der Waals surface area contributed by atoms with Gasteiger partial charge in [-0.3, -0.25) is 14.2 Å². The second-order valence-corrected chi connectivity index (χ2v) is 10.6. The maximum atomic E-state index is 12.9. The summed E-state index contributed by atoms with van der Waals surface area (Å²) in [6.45, 7) is 7.37. The number of fused-ring (bicyclic) bond motifs is 1. The summed E-state index contributed by atoms with van der Waals surface area (Å²) in [7, 11) is 0. The van der Waals surface area contributed by atoms with E-state index in [-0.39, 0.29) is 37.2 Å². The minimum absolute atomic E-state index is 0. The molecule has 3 amide bonds. The molecule has 15 heteroatoms. The quantitative estimate of drug-likeness (QED) is 0.294. The first-order valence-electron chi connectivity index (χ1n) is 14.1. The highest BCUT2D eigenvalue weighted by Gasteiger charge is 2.29. The number of carbonyl (C=O) groups is 3. The summed E-state index contributed by atoms with van der Waals surface area (Å²) < 4.78 is 1.33. The van der Waals surface area contributed by atoms with Crippen molar-refractivity contribution >= 4 is 58.6 Å². The molecule has 2 atom stereocenters. The number of piperazine rings is 1. The molecule has 3 aromatic rings. The van der Waals surface area contributed by atoms with Crippen LogP contribution in [0.3, 0.4) is 0 Å². The van der Waals surface area contributed by atoms with Crippen LogP contribution in [0.25, 0.3) is 11.0 Å². The average Bonchev–Trinajstić information content (AvgIpc) is 3.45. The molecule has 0 bridgehead atoms. The normalized spacial score (nSPS) is 18.3. The molecule has 2 aliphatic rings. The van der Waals surface area contributed by atoms with E-state index in [0.717, 1.165) is 38.3 Å². The Bertz CT molecular complexity index is 1470. The molecule has 0 aliphatic carbocycles. The summed E-state index contributed by atoms with van der Waals surface area (Å²) in [6.07, 6.45) is 5.45. The first kappa shape index (κ1) is 31.5. The van der Waals surface area contributed by atoms with Crippen molar-refractivity contribution in [2.24, 2.45) is 11.8 Å². The van der Waals surface area contributed by atoms with Crippen molar-refractivity contribution in [3.63, 3.8) is 0 Å². The highest BCUT2D eigenvalue weighted by Crippen LogP contribution is 2.26. The number of piperidine rings is 1. The molecule has 2 saturated heterocycles. The smallest absolute Gasteiger partial charge is 0.327 e. The van der Waals surface area contributed by atoms with Crippen molar-refractivity contribution in [3.05, 3.63) is 36.9 Å². The number of carbonyl (C=O) groups excluding carboxylic acids is 3. The summed E-state index contributed by atoms with van der Waals surface area (Å²) >= 11 is 0. The number of pyridine rings is 1. The van der Waals surface area contributed by atoms with Crippen LogP contribution in [0.1, 0.15) is 19.8 Å². The van der Waals surface area contributed by atoms with Gasteiger partial charge in [0.25, 0.3) is 0 Å². The molecule has 0 aromatic carbocycles. The Morgan fingerprint density at radius 3 is 2.67 bits per heavy atom. The van der Waals surface area contributed by atoms with E-state index in [1.54, 1.807) is 29.4 Å². The van der Waals surface area contributed by atoms with Gasteiger partial charge in [0, 0.05) is 52.0 Å². The number of aromatic nitrogens is 4. The van der Waals surface area contributed by atoms with E-state index in [4.69, 9.17) is 5.26 Å². The van der Waals surface area contributed by atoms with E-state index in [2.05, 4.69) is 48.0 Å². The molecule has 4 N–H and O–H groups in total. The number of nitrogens with one attached hydrogen (secondary N) is 4. The van der Waals surface area contributed by atoms with Gasteiger partial charge in [0.15, 0.2) is 5.65 Å². The standard InChI is InChI=1S/C28H35N11O3.ClH/c1-19-5-10-38(25(41)4-7-29)17-20(19)14-32-26-22-6-11-39(27(22)35-18-34-26)28(42)33-16-24(40)36-23-3-2-21(15-31-23)37-12-8-30-9-13-37;/h2-3,6,11,15,18-20,30H,4-5,8-10,12-14,16-17H2,1H3,(H,33,42)(H,31,36,40)(H,32,34,35);1H/t19-,20-;/m1./s1. The van der Waals surface area contributed by atoms with Gasteiger partial charge in [-0.15, -0.1) is 12.4 Å². The fraction of sp³-hybridized carbons (Fsp3) is 0.464. The van der Waals surface area contributed by atoms with Gasteiger partial charge in [-0.2, -0.15) is 5.26 Å². The number of amides is 3. The Morgan fingerprint density at radius 2 is 1.93 bits per heavy atom. The van der Waals surface area contributed by atoms with Crippen LogP contribution >= 0.6 is 12.4 Å². The third kappa shape index (κ3) is 7.68. The van der Waals surface area contributed by atoms with Crippen molar-refractivity contribution < 1.29 is 14.4 Å². The van der Waals surface area contributed by atoms with Crippen molar-refractivity contribution in [2.45, 2.75) is 19.8 Å². The van der Waals surface area contributed by atoms with Gasteiger partial charge in [-0.25, -0.2) is 19.7 Å². The minimum atomic E-state index is -0.501. The number of anilines is 3. The van der Waals surface area contributed by atoms with E-state index < -0.39 is 11.9 Å². The summed E-state index contributed by atoms with van der Waals surface area (Å²) in [5.41, 5.74) is 1.40. The molecule has 43 heavy (non-hydrogen) atoms. The Labute approximate surface area is 255 Å². The molecular weight excluding hydrogens is 574 g/mol. The lowest BCUT2D eigenvalue weighted by molar-refractivity contribution is -0.132. The van der Waals surface area contributed by atoms with E-state index in [1.807, 2.05) is 12.1 Å². The Balaban J connectivity index is 0.00000423. The van der Waals surface area contributed by atoms with Crippen molar-refractivity contribution in [3.8, 4) is 6.07 Å². The van der Waals surface area contributed by atoms with E-state index in [1.165, 1.54) is 10.9 Å². The largest absolute Gasteiger partial charge is 0.369 e. The van der Waals surface area contributed by atoms with Gasteiger partial charge in [-0.1, -0.05) is 6.92 Å². The highest BCUT2D eigenvalue weighted by molar-refractivity contribution is 5.97. The molecule has 0 unspecified atom stereocenters. The lowest BCUT2D eigenvalue weighted by Crippen LogP contribution is -2.45. The van der Waals surface area contributed by atoms with E-state index >= 15 is 0 Å². The van der Waals surface area contributed by atoms with Gasteiger partial charge in [0.2, 0.25) is 11.8 Å². The van der Waals surface area contributed by atoms with Gasteiger partial charge >= 0.3 is 6.03 Å².